The zero-order chi connectivity index (χ0) is 17.1. The summed E-state index contributed by atoms with van der Waals surface area (Å²) in [5.41, 5.74) is 1.10. The van der Waals surface area contributed by atoms with Gasteiger partial charge >= 0.3 is 0 Å². The van der Waals surface area contributed by atoms with Crippen LogP contribution in [0.2, 0.25) is 5.02 Å². The van der Waals surface area contributed by atoms with E-state index >= 15 is 0 Å². The second-order valence-electron chi connectivity index (χ2n) is 6.65. The van der Waals surface area contributed by atoms with Gasteiger partial charge in [0.1, 0.15) is 0 Å². The van der Waals surface area contributed by atoms with Crippen molar-refractivity contribution < 1.29 is 9.63 Å². The minimum absolute atomic E-state index is 0.0720. The smallest absolute Gasteiger partial charge is 0.243 e. The summed E-state index contributed by atoms with van der Waals surface area (Å²) in [7, 11) is 0. The Kier molecular flexibility index (Phi) is 5.54. The van der Waals surface area contributed by atoms with Crippen LogP contribution in [0.25, 0.3) is 0 Å². The first kappa shape index (κ1) is 17.4. The highest BCUT2D eigenvalue weighted by atomic mass is 35.5. The van der Waals surface area contributed by atoms with Gasteiger partial charge in [0.25, 0.3) is 0 Å². The molecule has 0 bridgehead atoms. The molecule has 130 valence electrons. The van der Waals surface area contributed by atoms with Gasteiger partial charge in [0.05, 0.1) is 12.1 Å². The summed E-state index contributed by atoms with van der Waals surface area (Å²) in [6.45, 7) is 4.95. The van der Waals surface area contributed by atoms with Gasteiger partial charge in [0.15, 0.2) is 5.82 Å². The fourth-order valence-electron chi connectivity index (χ4n) is 3.45. The van der Waals surface area contributed by atoms with Crippen LogP contribution >= 0.6 is 11.6 Å². The number of likely N-dealkylation sites (tertiary alicyclic amines) is 1. The van der Waals surface area contributed by atoms with E-state index in [1.54, 1.807) is 0 Å². The van der Waals surface area contributed by atoms with E-state index in [4.69, 9.17) is 16.1 Å². The zero-order valence-corrected chi connectivity index (χ0v) is 14.9. The van der Waals surface area contributed by atoms with Gasteiger partial charge in [-0.15, -0.1) is 0 Å². The Morgan fingerprint density at radius 1 is 1.33 bits per heavy atom. The molecular formula is C18H24ClN3O2. The molecule has 3 rings (SSSR count). The zero-order valence-electron chi connectivity index (χ0n) is 14.2. The molecule has 0 spiro atoms. The molecule has 6 heteroatoms. The molecule has 3 unspecified atom stereocenters. The highest BCUT2D eigenvalue weighted by Gasteiger charge is 2.32. The standard InChI is InChI=1S/C18H24ClN3O2/c1-12(23)10-16-4-3-9-22(16)13(2)18-20-17(21-24-18)11-14-5-7-15(19)8-6-14/h5-8,12-13,16,23H,3-4,9-11H2,1-2H3. The number of nitrogens with zero attached hydrogens (tertiary/aromatic N) is 3. The predicted molar refractivity (Wildman–Crippen MR) is 93.0 cm³/mol. The van der Waals surface area contributed by atoms with Crippen LogP contribution in [0.5, 0.6) is 0 Å². The average Bonchev–Trinajstić information content (AvgIpc) is 3.18. The summed E-state index contributed by atoms with van der Waals surface area (Å²) in [5, 5.41) is 14.5. The maximum absolute atomic E-state index is 9.68. The minimum atomic E-state index is -0.286. The number of halogens is 1. The summed E-state index contributed by atoms with van der Waals surface area (Å²) >= 11 is 5.91. The third-order valence-corrected chi connectivity index (χ3v) is 4.90. The Balaban J connectivity index is 1.66. The van der Waals surface area contributed by atoms with E-state index in [0.717, 1.165) is 36.4 Å². The minimum Gasteiger partial charge on any atom is -0.393 e. The Labute approximate surface area is 147 Å². The summed E-state index contributed by atoms with van der Waals surface area (Å²) < 4.78 is 5.50. The van der Waals surface area contributed by atoms with Gasteiger partial charge < -0.3 is 9.63 Å². The Bertz CT molecular complexity index is 657. The van der Waals surface area contributed by atoms with E-state index in [9.17, 15) is 5.11 Å². The Morgan fingerprint density at radius 2 is 2.08 bits per heavy atom. The molecule has 2 heterocycles. The van der Waals surface area contributed by atoms with Crippen LogP contribution in [0.15, 0.2) is 28.8 Å². The number of aliphatic hydroxyl groups is 1. The lowest BCUT2D eigenvalue weighted by molar-refractivity contribution is 0.102. The molecule has 24 heavy (non-hydrogen) atoms. The summed E-state index contributed by atoms with van der Waals surface area (Å²) in [6, 6.07) is 8.13. The van der Waals surface area contributed by atoms with Crippen molar-refractivity contribution in [2.45, 2.75) is 57.7 Å². The van der Waals surface area contributed by atoms with Gasteiger partial charge in [-0.3, -0.25) is 4.90 Å². The molecule has 5 nitrogen and oxygen atoms in total. The van der Waals surface area contributed by atoms with Crippen LogP contribution < -0.4 is 0 Å². The van der Waals surface area contributed by atoms with E-state index < -0.39 is 0 Å². The molecule has 1 aliphatic rings. The number of rotatable bonds is 6. The van der Waals surface area contributed by atoms with Gasteiger partial charge in [-0.2, -0.15) is 4.98 Å². The van der Waals surface area contributed by atoms with Crippen LogP contribution in [0, 0.1) is 0 Å². The maximum Gasteiger partial charge on any atom is 0.243 e. The predicted octanol–water partition coefficient (Wildman–Crippen LogP) is 3.61. The summed E-state index contributed by atoms with van der Waals surface area (Å²) in [6.07, 6.45) is 3.39. The largest absolute Gasteiger partial charge is 0.393 e. The molecule has 1 N–H and O–H groups in total. The molecular weight excluding hydrogens is 326 g/mol. The van der Waals surface area contributed by atoms with Gasteiger partial charge in [-0.05, 0) is 57.4 Å². The quantitative estimate of drug-likeness (QED) is 0.863. The van der Waals surface area contributed by atoms with Crippen LogP contribution in [0.3, 0.4) is 0 Å². The normalized spacial score (nSPS) is 21.1. The maximum atomic E-state index is 9.68. The lowest BCUT2D eigenvalue weighted by Gasteiger charge is -2.29. The van der Waals surface area contributed by atoms with Crippen molar-refractivity contribution in [1.29, 1.82) is 0 Å². The average molecular weight is 350 g/mol. The van der Waals surface area contributed by atoms with Crippen LogP contribution in [-0.2, 0) is 6.42 Å². The van der Waals surface area contributed by atoms with Gasteiger partial charge in [0, 0.05) is 17.5 Å². The number of benzene rings is 1. The van der Waals surface area contributed by atoms with Crippen molar-refractivity contribution in [2.75, 3.05) is 6.54 Å². The number of aromatic nitrogens is 2. The molecule has 0 aliphatic carbocycles. The van der Waals surface area contributed by atoms with E-state index in [2.05, 4.69) is 22.0 Å². The molecule has 1 aromatic carbocycles. The van der Waals surface area contributed by atoms with Crippen LogP contribution in [0.4, 0.5) is 0 Å². The topological polar surface area (TPSA) is 62.4 Å². The van der Waals surface area contributed by atoms with Crippen molar-refractivity contribution >= 4 is 11.6 Å². The Hall–Kier alpha value is -1.43. The third kappa shape index (κ3) is 4.15. The highest BCUT2D eigenvalue weighted by Crippen LogP contribution is 2.30. The van der Waals surface area contributed by atoms with Gasteiger partial charge in [-0.25, -0.2) is 0 Å². The number of hydrogen-bond donors (Lipinski definition) is 1. The molecule has 0 amide bonds. The molecule has 3 atom stereocenters. The van der Waals surface area contributed by atoms with Crippen molar-refractivity contribution in [3.05, 3.63) is 46.6 Å². The van der Waals surface area contributed by atoms with E-state index in [-0.39, 0.29) is 12.1 Å². The van der Waals surface area contributed by atoms with Gasteiger partial charge in [-0.1, -0.05) is 28.9 Å². The molecule has 2 aromatic rings. The monoisotopic (exact) mass is 349 g/mol. The number of hydrogen-bond acceptors (Lipinski definition) is 5. The summed E-state index contributed by atoms with van der Waals surface area (Å²) in [5.74, 6) is 1.34. The van der Waals surface area contributed by atoms with E-state index in [0.29, 0.717) is 24.2 Å². The van der Waals surface area contributed by atoms with E-state index in [1.807, 2.05) is 31.2 Å². The first-order valence-electron chi connectivity index (χ1n) is 8.53. The molecule has 1 aromatic heterocycles. The highest BCUT2D eigenvalue weighted by molar-refractivity contribution is 6.30. The number of aliphatic hydroxyl groups excluding tert-OH is 1. The molecule has 1 aliphatic heterocycles. The van der Waals surface area contributed by atoms with Crippen molar-refractivity contribution in [3.8, 4) is 0 Å². The van der Waals surface area contributed by atoms with Crippen LogP contribution in [-0.4, -0.2) is 38.8 Å². The summed E-state index contributed by atoms with van der Waals surface area (Å²) in [4.78, 5) is 6.94. The first-order chi connectivity index (χ1) is 11.5. The Morgan fingerprint density at radius 3 is 2.79 bits per heavy atom. The lowest BCUT2D eigenvalue weighted by Crippen LogP contribution is -2.34. The fourth-order valence-corrected chi connectivity index (χ4v) is 3.58. The van der Waals surface area contributed by atoms with Crippen molar-refractivity contribution in [2.24, 2.45) is 0 Å². The first-order valence-corrected chi connectivity index (χ1v) is 8.91. The fraction of sp³-hybridized carbons (Fsp3) is 0.556. The van der Waals surface area contributed by atoms with Crippen molar-refractivity contribution in [1.82, 2.24) is 15.0 Å². The van der Waals surface area contributed by atoms with Crippen LogP contribution in [0.1, 0.15) is 56.4 Å². The second kappa shape index (κ2) is 7.64. The lowest BCUT2D eigenvalue weighted by atomic mass is 10.1. The second-order valence-corrected chi connectivity index (χ2v) is 7.08. The van der Waals surface area contributed by atoms with E-state index in [1.165, 1.54) is 0 Å². The molecule has 0 radical (unpaired) electrons. The molecule has 1 fully saturated rings. The molecule has 0 saturated carbocycles. The van der Waals surface area contributed by atoms with Crippen molar-refractivity contribution in [3.63, 3.8) is 0 Å². The van der Waals surface area contributed by atoms with Gasteiger partial charge in [0.2, 0.25) is 5.89 Å². The third-order valence-electron chi connectivity index (χ3n) is 4.65. The SMILES string of the molecule is CC(O)CC1CCCN1C(C)c1nc(Cc2ccc(Cl)cc2)no1. The molecule has 1 saturated heterocycles.